The lowest BCUT2D eigenvalue weighted by atomic mass is 10.3. The van der Waals surface area contributed by atoms with Crippen molar-refractivity contribution in [1.82, 2.24) is 0 Å². The van der Waals surface area contributed by atoms with Gasteiger partial charge in [0.1, 0.15) is 5.75 Å². The zero-order valence-electron chi connectivity index (χ0n) is 10.3. The van der Waals surface area contributed by atoms with E-state index in [1.807, 2.05) is 58.0 Å². The van der Waals surface area contributed by atoms with Crippen LogP contribution in [0.4, 0.5) is 0 Å². The molecule has 0 atom stereocenters. The van der Waals surface area contributed by atoms with E-state index < -0.39 is 6.48 Å². The minimum absolute atomic E-state index is 0.0625. The van der Waals surface area contributed by atoms with E-state index in [2.05, 4.69) is 0 Å². The van der Waals surface area contributed by atoms with Crippen molar-refractivity contribution < 1.29 is 14.2 Å². The Balaban J connectivity index is 2.56. The molecule has 0 aliphatic rings. The first-order valence-corrected chi connectivity index (χ1v) is 5.60. The average Bonchev–Trinajstić information content (AvgIpc) is 2.16. The van der Waals surface area contributed by atoms with Gasteiger partial charge in [-0.1, -0.05) is 18.2 Å². The van der Waals surface area contributed by atoms with Crippen LogP contribution in [0.5, 0.6) is 5.75 Å². The number of rotatable bonds is 6. The van der Waals surface area contributed by atoms with Gasteiger partial charge in [-0.15, -0.1) is 0 Å². The van der Waals surface area contributed by atoms with Crippen molar-refractivity contribution in [2.45, 2.75) is 46.4 Å². The molecule has 1 aromatic carbocycles. The molecule has 0 aromatic heterocycles. The molecule has 3 nitrogen and oxygen atoms in total. The minimum atomic E-state index is -0.651. The van der Waals surface area contributed by atoms with Crippen LogP contribution in [-0.2, 0) is 9.47 Å². The predicted octanol–water partition coefficient (Wildman–Crippen LogP) is 3.20. The predicted molar refractivity (Wildman–Crippen MR) is 63.3 cm³/mol. The molecular formula is C13H20O3. The molecular weight excluding hydrogens is 204 g/mol. The molecule has 0 heterocycles. The van der Waals surface area contributed by atoms with Gasteiger partial charge in [0.15, 0.2) is 0 Å². The van der Waals surface area contributed by atoms with Crippen molar-refractivity contribution in [2.75, 3.05) is 0 Å². The third-order valence-electron chi connectivity index (χ3n) is 1.74. The molecule has 1 rings (SSSR count). The summed E-state index contributed by atoms with van der Waals surface area (Å²) in [6.45, 7) is 7.15. The largest absolute Gasteiger partial charge is 0.441 e. The van der Waals surface area contributed by atoms with Gasteiger partial charge in [-0.25, -0.2) is 0 Å². The summed E-state index contributed by atoms with van der Waals surface area (Å²) in [6, 6.07) is 9.52. The molecule has 0 spiro atoms. The van der Waals surface area contributed by atoms with Crippen molar-refractivity contribution in [3.8, 4) is 5.75 Å². The third-order valence-corrected chi connectivity index (χ3v) is 1.74. The molecule has 0 radical (unpaired) electrons. The Hall–Kier alpha value is -1.06. The molecule has 90 valence electrons. The molecule has 3 heteroatoms. The monoisotopic (exact) mass is 224 g/mol. The summed E-state index contributed by atoms with van der Waals surface area (Å²) >= 11 is 0. The number of hydrogen-bond donors (Lipinski definition) is 0. The number of ether oxygens (including phenoxy) is 3. The van der Waals surface area contributed by atoms with Crippen LogP contribution in [0.3, 0.4) is 0 Å². The number of para-hydroxylation sites is 1. The van der Waals surface area contributed by atoms with Gasteiger partial charge in [-0.3, -0.25) is 0 Å². The maximum atomic E-state index is 5.59. The van der Waals surface area contributed by atoms with Crippen LogP contribution in [0.15, 0.2) is 30.3 Å². The van der Waals surface area contributed by atoms with E-state index >= 15 is 0 Å². The molecule has 0 aliphatic carbocycles. The second kappa shape index (κ2) is 6.51. The molecule has 0 aliphatic heterocycles. The smallest absolute Gasteiger partial charge is 0.316 e. The lowest BCUT2D eigenvalue weighted by Gasteiger charge is -2.23. The van der Waals surface area contributed by atoms with Gasteiger partial charge in [-0.05, 0) is 39.8 Å². The van der Waals surface area contributed by atoms with E-state index in [0.717, 1.165) is 5.75 Å². The van der Waals surface area contributed by atoms with Gasteiger partial charge in [-0.2, -0.15) is 0 Å². The highest BCUT2D eigenvalue weighted by molar-refractivity contribution is 5.20. The van der Waals surface area contributed by atoms with E-state index in [4.69, 9.17) is 14.2 Å². The summed E-state index contributed by atoms with van der Waals surface area (Å²) in [7, 11) is 0. The highest BCUT2D eigenvalue weighted by Crippen LogP contribution is 2.14. The summed E-state index contributed by atoms with van der Waals surface area (Å²) in [6.07, 6.45) is 0.125. The molecule has 0 saturated heterocycles. The van der Waals surface area contributed by atoms with Gasteiger partial charge in [0, 0.05) is 0 Å². The van der Waals surface area contributed by atoms with Crippen LogP contribution in [0.25, 0.3) is 0 Å². The zero-order chi connectivity index (χ0) is 12.0. The van der Waals surface area contributed by atoms with Crippen molar-refractivity contribution in [1.29, 1.82) is 0 Å². The van der Waals surface area contributed by atoms with Gasteiger partial charge >= 0.3 is 6.48 Å². The Labute approximate surface area is 97.3 Å². The molecule has 0 saturated carbocycles. The summed E-state index contributed by atoms with van der Waals surface area (Å²) in [4.78, 5) is 0. The topological polar surface area (TPSA) is 27.7 Å². The van der Waals surface area contributed by atoms with Gasteiger partial charge < -0.3 is 14.2 Å². The first kappa shape index (κ1) is 13.0. The molecule has 0 unspecified atom stereocenters. The Morgan fingerprint density at radius 3 is 1.75 bits per heavy atom. The van der Waals surface area contributed by atoms with E-state index in [9.17, 15) is 0 Å². The molecule has 0 bridgehead atoms. The SMILES string of the molecule is CC(C)OC(Oc1ccccc1)OC(C)C. The van der Waals surface area contributed by atoms with Crippen molar-refractivity contribution >= 4 is 0 Å². The van der Waals surface area contributed by atoms with E-state index in [1.54, 1.807) is 0 Å². The maximum Gasteiger partial charge on any atom is 0.316 e. The first-order valence-electron chi connectivity index (χ1n) is 5.60. The van der Waals surface area contributed by atoms with E-state index in [-0.39, 0.29) is 12.2 Å². The Morgan fingerprint density at radius 1 is 0.812 bits per heavy atom. The maximum absolute atomic E-state index is 5.59. The fourth-order valence-electron chi connectivity index (χ4n) is 1.14. The van der Waals surface area contributed by atoms with Crippen LogP contribution in [-0.4, -0.2) is 18.7 Å². The van der Waals surface area contributed by atoms with Crippen molar-refractivity contribution in [2.24, 2.45) is 0 Å². The molecule has 16 heavy (non-hydrogen) atoms. The van der Waals surface area contributed by atoms with Gasteiger partial charge in [0.05, 0.1) is 12.2 Å². The highest BCUT2D eigenvalue weighted by Gasteiger charge is 2.14. The quantitative estimate of drug-likeness (QED) is 0.694. The van der Waals surface area contributed by atoms with Crippen LogP contribution < -0.4 is 4.74 Å². The van der Waals surface area contributed by atoms with Crippen molar-refractivity contribution in [3.05, 3.63) is 30.3 Å². The average molecular weight is 224 g/mol. The Bertz CT molecular complexity index is 272. The number of hydrogen-bond acceptors (Lipinski definition) is 3. The van der Waals surface area contributed by atoms with Gasteiger partial charge in [0.2, 0.25) is 0 Å². The lowest BCUT2D eigenvalue weighted by molar-refractivity contribution is -0.274. The van der Waals surface area contributed by atoms with E-state index in [1.165, 1.54) is 0 Å². The van der Waals surface area contributed by atoms with E-state index in [0.29, 0.717) is 0 Å². The molecule has 0 N–H and O–H groups in total. The Kier molecular flexibility index (Phi) is 5.29. The summed E-state index contributed by atoms with van der Waals surface area (Å²) in [5.74, 6) is 0.744. The standard InChI is InChI=1S/C13H20O3/c1-10(2)14-13(15-11(3)4)16-12-8-6-5-7-9-12/h5-11,13H,1-4H3. The zero-order valence-corrected chi connectivity index (χ0v) is 10.3. The number of benzene rings is 1. The normalized spacial score (nSPS) is 11.4. The lowest BCUT2D eigenvalue weighted by Crippen LogP contribution is -2.29. The highest BCUT2D eigenvalue weighted by atomic mass is 16.8. The molecule has 0 amide bonds. The second-order valence-corrected chi connectivity index (χ2v) is 4.09. The molecule has 0 fully saturated rings. The van der Waals surface area contributed by atoms with Crippen LogP contribution >= 0.6 is 0 Å². The third kappa shape index (κ3) is 5.14. The summed E-state index contributed by atoms with van der Waals surface area (Å²) < 4.78 is 16.6. The molecule has 1 aromatic rings. The fraction of sp³-hybridized carbons (Fsp3) is 0.538. The van der Waals surface area contributed by atoms with Gasteiger partial charge in [0.25, 0.3) is 0 Å². The fourth-order valence-corrected chi connectivity index (χ4v) is 1.14. The second-order valence-electron chi connectivity index (χ2n) is 4.09. The minimum Gasteiger partial charge on any atom is -0.441 e. The van der Waals surface area contributed by atoms with Crippen molar-refractivity contribution in [3.63, 3.8) is 0 Å². The van der Waals surface area contributed by atoms with Crippen LogP contribution in [0, 0.1) is 0 Å². The summed E-state index contributed by atoms with van der Waals surface area (Å²) in [5, 5.41) is 0. The van der Waals surface area contributed by atoms with Crippen LogP contribution in [0.2, 0.25) is 0 Å². The summed E-state index contributed by atoms with van der Waals surface area (Å²) in [5.41, 5.74) is 0. The Morgan fingerprint density at radius 2 is 1.31 bits per heavy atom. The first-order chi connectivity index (χ1) is 7.58. The van der Waals surface area contributed by atoms with Crippen LogP contribution in [0.1, 0.15) is 27.7 Å².